The molecule has 3 amide bonds. The molecule has 43 heavy (non-hydrogen) atoms. The lowest BCUT2D eigenvalue weighted by molar-refractivity contribution is -0.203. The van der Waals surface area contributed by atoms with Crippen LogP contribution in [0.2, 0.25) is 0 Å². The van der Waals surface area contributed by atoms with Gasteiger partial charge >= 0.3 is 0 Å². The van der Waals surface area contributed by atoms with E-state index in [2.05, 4.69) is 21.2 Å². The van der Waals surface area contributed by atoms with Crippen LogP contribution in [0, 0.1) is 17.8 Å². The second kappa shape index (κ2) is 17.7. The molecule has 1 aromatic carbocycles. The van der Waals surface area contributed by atoms with Crippen molar-refractivity contribution in [3.63, 3.8) is 0 Å². The van der Waals surface area contributed by atoms with Crippen molar-refractivity contribution in [3.8, 4) is 0 Å². The predicted molar refractivity (Wildman–Crippen MR) is 160 cm³/mol. The highest BCUT2D eigenvalue weighted by Crippen LogP contribution is 2.31. The summed E-state index contributed by atoms with van der Waals surface area (Å²) in [6, 6.07) is 9.48. The zero-order chi connectivity index (χ0) is 30.3. The summed E-state index contributed by atoms with van der Waals surface area (Å²) in [5.41, 5.74) is 6.38. The Hall–Kier alpha value is -3.31. The van der Waals surface area contributed by atoms with E-state index in [1.807, 2.05) is 37.3 Å². The van der Waals surface area contributed by atoms with Gasteiger partial charge in [0.25, 0.3) is 5.91 Å². The van der Waals surface area contributed by atoms with Crippen molar-refractivity contribution in [2.45, 2.75) is 110 Å². The van der Waals surface area contributed by atoms with E-state index in [9.17, 15) is 14.4 Å². The summed E-state index contributed by atoms with van der Waals surface area (Å²) in [4.78, 5) is 46.6. The Morgan fingerprint density at radius 3 is 2.49 bits per heavy atom. The van der Waals surface area contributed by atoms with E-state index < -0.39 is 18.1 Å². The Morgan fingerprint density at radius 2 is 1.79 bits per heavy atom. The van der Waals surface area contributed by atoms with Gasteiger partial charge in [-0.2, -0.15) is 0 Å². The van der Waals surface area contributed by atoms with Gasteiger partial charge in [0.05, 0.1) is 24.6 Å². The molecule has 0 spiro atoms. The highest BCUT2D eigenvalue weighted by molar-refractivity contribution is 5.88. The van der Waals surface area contributed by atoms with E-state index >= 15 is 0 Å². The molecule has 2 heterocycles. The summed E-state index contributed by atoms with van der Waals surface area (Å²) >= 11 is 0. The largest absolute Gasteiger partial charge is 0.350 e. The molecule has 1 saturated heterocycles. The Labute approximate surface area is 255 Å². The molecule has 1 aromatic heterocycles. The number of amides is 3. The van der Waals surface area contributed by atoms with Gasteiger partial charge in [-0.15, -0.1) is 5.10 Å². The third kappa shape index (κ3) is 10.7. The van der Waals surface area contributed by atoms with Crippen molar-refractivity contribution in [3.05, 3.63) is 48.3 Å². The molecule has 2 N–H and O–H groups in total. The normalized spacial score (nSPS) is 18.9. The first-order chi connectivity index (χ1) is 21.0. The number of hydrazine groups is 1. The van der Waals surface area contributed by atoms with Crippen LogP contribution in [0.25, 0.3) is 0 Å². The lowest BCUT2D eigenvalue weighted by atomic mass is 9.81. The average molecular weight is 597 g/mol. The van der Waals surface area contributed by atoms with E-state index in [-0.39, 0.29) is 30.8 Å². The number of hydrogen-bond acceptors (Lipinski definition) is 7. The molecule has 1 saturated carbocycles. The van der Waals surface area contributed by atoms with Gasteiger partial charge in [0.1, 0.15) is 6.54 Å². The number of hydrogen-bond donors (Lipinski definition) is 2. The molecule has 11 nitrogen and oxygen atoms in total. The Kier molecular flexibility index (Phi) is 13.4. The molecular formula is C32H48N6O5. The topological polar surface area (TPSA) is 128 Å². The van der Waals surface area contributed by atoms with Crippen LogP contribution in [0.1, 0.15) is 96.0 Å². The minimum absolute atomic E-state index is 0.0773. The van der Waals surface area contributed by atoms with E-state index in [1.54, 1.807) is 6.20 Å². The quantitative estimate of drug-likeness (QED) is 0.286. The van der Waals surface area contributed by atoms with Gasteiger partial charge in [-0.05, 0) is 37.2 Å². The minimum Gasteiger partial charge on any atom is -0.350 e. The molecule has 0 radical (unpaired) electrons. The number of rotatable bonds is 15. The molecular weight excluding hydrogens is 548 g/mol. The molecule has 236 valence electrons. The fourth-order valence-electron chi connectivity index (χ4n) is 6.16. The second-order valence-corrected chi connectivity index (χ2v) is 11.9. The van der Waals surface area contributed by atoms with Crippen LogP contribution in [0.5, 0.6) is 0 Å². The number of carbonyl (C=O) groups is 3. The van der Waals surface area contributed by atoms with Crippen LogP contribution in [0.15, 0.2) is 42.7 Å². The number of nitrogens with one attached hydrogen (secondary N) is 2. The van der Waals surface area contributed by atoms with E-state index in [1.165, 1.54) is 48.0 Å². The van der Waals surface area contributed by atoms with Gasteiger partial charge in [0, 0.05) is 19.2 Å². The second-order valence-electron chi connectivity index (χ2n) is 11.9. The van der Waals surface area contributed by atoms with Gasteiger partial charge in [0.15, 0.2) is 6.29 Å². The van der Waals surface area contributed by atoms with Crippen LogP contribution >= 0.6 is 0 Å². The minimum atomic E-state index is -0.635. The third-order valence-corrected chi connectivity index (χ3v) is 8.54. The maximum absolute atomic E-state index is 14.0. The lowest BCUT2D eigenvalue weighted by Gasteiger charge is -2.30. The highest BCUT2D eigenvalue weighted by atomic mass is 16.8. The first-order valence-corrected chi connectivity index (χ1v) is 16.1. The van der Waals surface area contributed by atoms with Crippen molar-refractivity contribution in [2.24, 2.45) is 17.8 Å². The zero-order valence-corrected chi connectivity index (χ0v) is 25.5. The smallest absolute Gasteiger partial charge is 0.263 e. The van der Waals surface area contributed by atoms with Crippen molar-refractivity contribution in [1.29, 1.82) is 0 Å². The molecule has 3 atom stereocenters. The third-order valence-electron chi connectivity index (χ3n) is 8.54. The van der Waals surface area contributed by atoms with Gasteiger partial charge in [-0.1, -0.05) is 93.8 Å². The highest BCUT2D eigenvalue weighted by Gasteiger charge is 2.35. The van der Waals surface area contributed by atoms with Crippen molar-refractivity contribution in [1.82, 2.24) is 30.9 Å². The number of aromatic nitrogens is 3. The Bertz CT molecular complexity index is 1100. The maximum Gasteiger partial charge on any atom is 0.263 e. The zero-order valence-electron chi connectivity index (χ0n) is 25.5. The molecule has 2 fully saturated rings. The van der Waals surface area contributed by atoms with Gasteiger partial charge in [-0.25, -0.2) is 20.0 Å². The monoisotopic (exact) mass is 596 g/mol. The number of nitrogens with zero attached hydrogens (tertiary/aromatic N) is 4. The number of carbonyl (C=O) groups excluding carboxylic acids is 3. The maximum atomic E-state index is 14.0. The molecule has 4 rings (SSSR count). The first-order valence-electron chi connectivity index (χ1n) is 16.1. The number of hydroxylamine groups is 1. The molecule has 2 aromatic rings. The average Bonchev–Trinajstić information content (AvgIpc) is 3.55. The number of ether oxygens (including phenoxy) is 1. The van der Waals surface area contributed by atoms with E-state index in [0.717, 1.165) is 31.2 Å². The van der Waals surface area contributed by atoms with Crippen molar-refractivity contribution in [2.75, 3.05) is 6.61 Å². The van der Waals surface area contributed by atoms with Crippen LogP contribution in [-0.4, -0.2) is 50.6 Å². The molecule has 1 aliphatic carbocycles. The molecule has 0 bridgehead atoms. The predicted octanol–water partition coefficient (Wildman–Crippen LogP) is 4.70. The van der Waals surface area contributed by atoms with Crippen molar-refractivity contribution >= 4 is 17.7 Å². The van der Waals surface area contributed by atoms with Crippen LogP contribution in [-0.2, 0) is 37.0 Å². The SMILES string of the molecule is CCC[C@@H](C(=O)NN(Cc1ccccc1)C(=O)Cn1ccnn1)[C@H](CCCC1CCCCC1)C(=O)NOC1CCCCO1. The number of benzene rings is 1. The molecule has 11 heteroatoms. The summed E-state index contributed by atoms with van der Waals surface area (Å²) in [5, 5.41) is 9.00. The fraction of sp³-hybridized carbons (Fsp3) is 0.656. The van der Waals surface area contributed by atoms with Gasteiger partial charge in [-0.3, -0.25) is 19.8 Å². The molecule has 1 aliphatic heterocycles. The Balaban J connectivity index is 1.48. The van der Waals surface area contributed by atoms with Crippen LogP contribution in [0.3, 0.4) is 0 Å². The van der Waals surface area contributed by atoms with E-state index in [0.29, 0.717) is 38.2 Å². The summed E-state index contributed by atoms with van der Waals surface area (Å²) < 4.78 is 7.05. The van der Waals surface area contributed by atoms with Crippen LogP contribution < -0.4 is 10.9 Å². The Morgan fingerprint density at radius 1 is 1.02 bits per heavy atom. The first kappa shape index (κ1) is 32.6. The fourth-order valence-corrected chi connectivity index (χ4v) is 6.16. The van der Waals surface area contributed by atoms with Gasteiger partial charge in [0.2, 0.25) is 11.8 Å². The van der Waals surface area contributed by atoms with Crippen molar-refractivity contribution < 1.29 is 24.0 Å². The standard InChI is InChI=1S/C32H48N6O5/c1-2-12-27(31(40)34-38(23-26-15-7-4-8-16-26)29(39)24-37-21-20-33-36-37)28(18-11-17-25-13-5-3-6-14-25)32(41)35-43-30-19-9-10-22-42-30/h4,7-8,15-16,20-21,25,27-28,30H,2-3,5-6,9-14,17-19,22-24H2,1H3,(H,34,40)(H,35,41)/t27-,28+,30?/m1/s1. The van der Waals surface area contributed by atoms with E-state index in [4.69, 9.17) is 9.57 Å². The summed E-state index contributed by atoms with van der Waals surface area (Å²) in [7, 11) is 0. The molecule has 2 aliphatic rings. The lowest BCUT2D eigenvalue weighted by Crippen LogP contribution is -2.51. The van der Waals surface area contributed by atoms with Crippen LogP contribution in [0.4, 0.5) is 0 Å². The summed E-state index contributed by atoms with van der Waals surface area (Å²) in [6.07, 6.45) is 15.3. The summed E-state index contributed by atoms with van der Waals surface area (Å²) in [5.74, 6) is -1.56. The summed E-state index contributed by atoms with van der Waals surface area (Å²) in [6.45, 7) is 2.71. The van der Waals surface area contributed by atoms with Gasteiger partial charge < -0.3 is 4.74 Å². The molecule has 1 unspecified atom stereocenters.